The van der Waals surface area contributed by atoms with E-state index in [1.165, 1.54) is 12.1 Å². The molecule has 0 heterocycles. The van der Waals surface area contributed by atoms with E-state index >= 15 is 0 Å². The van der Waals surface area contributed by atoms with Crippen LogP contribution in [0.2, 0.25) is 0 Å². The summed E-state index contributed by atoms with van der Waals surface area (Å²) in [6.45, 7) is 2.08. The van der Waals surface area contributed by atoms with Gasteiger partial charge in [-0.05, 0) is 43.2 Å². The van der Waals surface area contributed by atoms with E-state index in [1.54, 1.807) is 43.3 Å². The van der Waals surface area contributed by atoms with Gasteiger partial charge in [-0.2, -0.15) is 5.10 Å². The summed E-state index contributed by atoms with van der Waals surface area (Å²) >= 11 is 0. The van der Waals surface area contributed by atoms with Gasteiger partial charge >= 0.3 is 0 Å². The van der Waals surface area contributed by atoms with Gasteiger partial charge in [0.05, 0.1) is 10.6 Å². The first-order chi connectivity index (χ1) is 13.0. The summed E-state index contributed by atoms with van der Waals surface area (Å²) in [5, 5.41) is 17.4. The number of amides is 2. The van der Waals surface area contributed by atoms with Crippen molar-refractivity contribution in [1.82, 2.24) is 10.7 Å². The van der Waals surface area contributed by atoms with Gasteiger partial charge in [-0.1, -0.05) is 18.2 Å². The van der Waals surface area contributed by atoms with Crippen LogP contribution in [0.3, 0.4) is 0 Å². The Kier molecular flexibility index (Phi) is 7.18. The fraction of sp³-hybridized carbons (Fsp3) is 0.211. The summed E-state index contributed by atoms with van der Waals surface area (Å²) in [5.74, 6) is -0.451. The van der Waals surface area contributed by atoms with Crippen molar-refractivity contribution < 1.29 is 14.5 Å². The van der Waals surface area contributed by atoms with E-state index in [0.29, 0.717) is 29.8 Å². The third kappa shape index (κ3) is 6.35. The first-order valence-corrected chi connectivity index (χ1v) is 8.38. The second-order valence-corrected chi connectivity index (χ2v) is 5.76. The molecule has 0 aliphatic carbocycles. The molecule has 0 saturated carbocycles. The van der Waals surface area contributed by atoms with Gasteiger partial charge in [0.25, 0.3) is 11.6 Å². The van der Waals surface area contributed by atoms with E-state index in [2.05, 4.69) is 15.8 Å². The zero-order valence-corrected chi connectivity index (χ0v) is 14.8. The second kappa shape index (κ2) is 9.81. The van der Waals surface area contributed by atoms with E-state index in [1.807, 2.05) is 6.07 Å². The lowest BCUT2D eigenvalue weighted by molar-refractivity contribution is -0.384. The molecule has 8 heteroatoms. The van der Waals surface area contributed by atoms with Crippen molar-refractivity contribution in [3.05, 3.63) is 75.8 Å². The molecule has 0 aliphatic rings. The minimum Gasteiger partial charge on any atom is -0.352 e. The molecule has 2 aromatic carbocycles. The van der Waals surface area contributed by atoms with Gasteiger partial charge in [-0.25, -0.2) is 5.43 Å². The number of hydrogen-bond donors (Lipinski definition) is 2. The van der Waals surface area contributed by atoms with Crippen molar-refractivity contribution in [2.45, 2.75) is 19.8 Å². The highest BCUT2D eigenvalue weighted by Gasteiger charge is 2.07. The SMILES string of the molecule is CC(=NNC(=O)CCCNC(=O)c1ccccc1)c1ccc([N+](=O)[O-])cc1. The Labute approximate surface area is 156 Å². The van der Waals surface area contributed by atoms with Crippen LogP contribution in [0.5, 0.6) is 0 Å². The van der Waals surface area contributed by atoms with Crippen molar-refractivity contribution in [3.8, 4) is 0 Å². The van der Waals surface area contributed by atoms with E-state index in [0.717, 1.165) is 0 Å². The average Bonchev–Trinajstić information content (AvgIpc) is 2.70. The van der Waals surface area contributed by atoms with Crippen LogP contribution in [0.25, 0.3) is 0 Å². The number of rotatable bonds is 8. The lowest BCUT2D eigenvalue weighted by Gasteiger charge is -2.05. The van der Waals surface area contributed by atoms with Gasteiger partial charge in [-0.15, -0.1) is 0 Å². The van der Waals surface area contributed by atoms with Gasteiger partial charge in [0.2, 0.25) is 5.91 Å². The Morgan fingerprint density at radius 1 is 1.04 bits per heavy atom. The van der Waals surface area contributed by atoms with Crippen LogP contribution in [0.15, 0.2) is 59.7 Å². The van der Waals surface area contributed by atoms with Crippen LogP contribution in [0.4, 0.5) is 5.69 Å². The molecule has 27 heavy (non-hydrogen) atoms. The van der Waals surface area contributed by atoms with Crippen LogP contribution < -0.4 is 10.7 Å². The largest absolute Gasteiger partial charge is 0.352 e. The third-order valence-electron chi connectivity index (χ3n) is 3.75. The first kappa shape index (κ1) is 19.8. The molecule has 0 spiro atoms. The average molecular weight is 368 g/mol. The zero-order valence-electron chi connectivity index (χ0n) is 14.8. The van der Waals surface area contributed by atoms with E-state index in [9.17, 15) is 19.7 Å². The molecule has 0 fully saturated rings. The fourth-order valence-corrected chi connectivity index (χ4v) is 2.23. The fourth-order valence-electron chi connectivity index (χ4n) is 2.23. The predicted octanol–water partition coefficient (Wildman–Crippen LogP) is 2.65. The smallest absolute Gasteiger partial charge is 0.269 e. The second-order valence-electron chi connectivity index (χ2n) is 5.76. The highest BCUT2D eigenvalue weighted by atomic mass is 16.6. The Morgan fingerprint density at radius 3 is 2.33 bits per heavy atom. The number of hydrogen-bond acceptors (Lipinski definition) is 5. The number of non-ortho nitro benzene ring substituents is 1. The molecule has 2 N–H and O–H groups in total. The number of benzene rings is 2. The Balaban J connectivity index is 1.72. The van der Waals surface area contributed by atoms with Crippen molar-refractivity contribution in [1.29, 1.82) is 0 Å². The van der Waals surface area contributed by atoms with Crippen LogP contribution in [0.1, 0.15) is 35.7 Å². The molecular formula is C19H20N4O4. The quantitative estimate of drug-likeness (QED) is 0.323. The zero-order chi connectivity index (χ0) is 19.6. The Hall–Kier alpha value is -3.55. The van der Waals surface area contributed by atoms with Crippen molar-refractivity contribution >= 4 is 23.2 Å². The summed E-state index contributed by atoms with van der Waals surface area (Å²) < 4.78 is 0. The van der Waals surface area contributed by atoms with Gasteiger partial charge in [-0.3, -0.25) is 19.7 Å². The maximum Gasteiger partial charge on any atom is 0.269 e. The molecule has 0 saturated heterocycles. The number of nitrogens with one attached hydrogen (secondary N) is 2. The van der Waals surface area contributed by atoms with Gasteiger partial charge in [0.15, 0.2) is 0 Å². The Morgan fingerprint density at radius 2 is 1.70 bits per heavy atom. The van der Waals surface area contributed by atoms with Gasteiger partial charge in [0.1, 0.15) is 0 Å². The standard InChI is InChI=1S/C19H20N4O4/c1-14(15-9-11-17(12-10-15)23(26)27)21-22-18(24)8-5-13-20-19(25)16-6-3-2-4-7-16/h2-4,6-7,9-12H,5,8,13H2,1H3,(H,20,25)(H,22,24). The van der Waals surface area contributed by atoms with E-state index in [4.69, 9.17) is 0 Å². The van der Waals surface area contributed by atoms with Gasteiger partial charge in [0, 0.05) is 30.7 Å². The van der Waals surface area contributed by atoms with E-state index in [-0.39, 0.29) is 23.9 Å². The minimum atomic E-state index is -0.478. The number of nitro benzene ring substituents is 1. The Bertz CT molecular complexity index is 833. The summed E-state index contributed by atoms with van der Waals surface area (Å²) in [6.07, 6.45) is 0.697. The summed E-state index contributed by atoms with van der Waals surface area (Å²) in [5.41, 5.74) is 4.22. The first-order valence-electron chi connectivity index (χ1n) is 8.38. The molecular weight excluding hydrogens is 348 g/mol. The maximum atomic E-state index is 11.9. The molecule has 2 aromatic rings. The van der Waals surface area contributed by atoms with Crippen LogP contribution in [0, 0.1) is 10.1 Å². The molecule has 2 amide bonds. The maximum absolute atomic E-state index is 11.9. The summed E-state index contributed by atoms with van der Waals surface area (Å²) in [6, 6.07) is 14.7. The number of nitrogens with zero attached hydrogens (tertiary/aromatic N) is 2. The predicted molar refractivity (Wildman–Crippen MR) is 101 cm³/mol. The lowest BCUT2D eigenvalue weighted by atomic mass is 10.1. The molecule has 0 unspecified atom stereocenters. The number of hydrazone groups is 1. The molecule has 8 nitrogen and oxygen atoms in total. The highest BCUT2D eigenvalue weighted by Crippen LogP contribution is 2.12. The van der Waals surface area contributed by atoms with Crippen molar-refractivity contribution in [2.75, 3.05) is 6.54 Å². The minimum absolute atomic E-state index is 0.00636. The van der Waals surface area contributed by atoms with Crippen LogP contribution in [-0.4, -0.2) is 29.0 Å². The summed E-state index contributed by atoms with van der Waals surface area (Å²) in [7, 11) is 0. The normalized spacial score (nSPS) is 10.9. The molecule has 0 aliphatic heterocycles. The topological polar surface area (TPSA) is 114 Å². The number of carbonyl (C=O) groups excluding carboxylic acids is 2. The monoisotopic (exact) mass is 368 g/mol. The molecule has 0 atom stereocenters. The molecule has 140 valence electrons. The molecule has 2 rings (SSSR count). The molecule has 0 aromatic heterocycles. The summed E-state index contributed by atoms with van der Waals surface area (Å²) in [4.78, 5) is 33.8. The van der Waals surface area contributed by atoms with Crippen molar-refractivity contribution in [3.63, 3.8) is 0 Å². The van der Waals surface area contributed by atoms with E-state index < -0.39 is 4.92 Å². The number of carbonyl (C=O) groups is 2. The lowest BCUT2D eigenvalue weighted by Crippen LogP contribution is -2.26. The van der Waals surface area contributed by atoms with Crippen LogP contribution >= 0.6 is 0 Å². The van der Waals surface area contributed by atoms with Crippen LogP contribution in [-0.2, 0) is 4.79 Å². The number of nitro groups is 1. The third-order valence-corrected chi connectivity index (χ3v) is 3.75. The highest BCUT2D eigenvalue weighted by molar-refractivity contribution is 5.99. The molecule has 0 radical (unpaired) electrons. The molecule has 0 bridgehead atoms. The van der Waals surface area contributed by atoms with Gasteiger partial charge < -0.3 is 5.32 Å². The van der Waals surface area contributed by atoms with Crippen molar-refractivity contribution in [2.24, 2.45) is 5.10 Å².